The molecule has 0 aromatic heterocycles. The summed E-state index contributed by atoms with van der Waals surface area (Å²) in [5, 5.41) is 12.8. The lowest BCUT2D eigenvalue weighted by atomic mass is 10.1. The SMILES string of the molecule is COc1cc(/C=C(/C#N)C(=O)Nc2ccccc2)cc(Br)c1OCc1ccccc1Cl. The lowest BCUT2D eigenvalue weighted by Crippen LogP contribution is -2.13. The molecule has 0 aliphatic heterocycles. The second-order valence-electron chi connectivity index (χ2n) is 6.40. The molecule has 0 radical (unpaired) electrons. The molecule has 3 rings (SSSR count). The molecule has 0 atom stereocenters. The molecule has 0 aliphatic rings. The lowest BCUT2D eigenvalue weighted by molar-refractivity contribution is -0.112. The van der Waals surface area contributed by atoms with Crippen LogP contribution in [0.2, 0.25) is 5.02 Å². The van der Waals surface area contributed by atoms with Gasteiger partial charge in [0.1, 0.15) is 18.2 Å². The molecular formula is C24H18BrClN2O3. The van der Waals surface area contributed by atoms with Crippen LogP contribution in [-0.2, 0) is 11.4 Å². The lowest BCUT2D eigenvalue weighted by Gasteiger charge is -2.14. The van der Waals surface area contributed by atoms with Crippen LogP contribution < -0.4 is 14.8 Å². The maximum Gasteiger partial charge on any atom is 0.266 e. The van der Waals surface area contributed by atoms with Crippen molar-refractivity contribution < 1.29 is 14.3 Å². The first-order chi connectivity index (χ1) is 15.0. The van der Waals surface area contributed by atoms with Gasteiger partial charge in [-0.25, -0.2) is 0 Å². The Labute approximate surface area is 194 Å². The number of nitriles is 1. The zero-order chi connectivity index (χ0) is 22.2. The van der Waals surface area contributed by atoms with Crippen LogP contribution >= 0.6 is 27.5 Å². The molecule has 0 heterocycles. The highest BCUT2D eigenvalue weighted by molar-refractivity contribution is 9.10. The van der Waals surface area contributed by atoms with Gasteiger partial charge in [0.05, 0.1) is 11.6 Å². The number of amides is 1. The molecule has 7 heteroatoms. The number of halogens is 2. The summed E-state index contributed by atoms with van der Waals surface area (Å²) in [7, 11) is 1.52. The number of hydrogen-bond donors (Lipinski definition) is 1. The van der Waals surface area contributed by atoms with Gasteiger partial charge in [-0.2, -0.15) is 5.26 Å². The minimum Gasteiger partial charge on any atom is -0.493 e. The van der Waals surface area contributed by atoms with Crippen molar-refractivity contribution in [2.24, 2.45) is 0 Å². The van der Waals surface area contributed by atoms with Crippen LogP contribution in [0.5, 0.6) is 11.5 Å². The number of rotatable bonds is 7. The molecule has 0 saturated carbocycles. The predicted octanol–water partition coefficient (Wildman–Crippen LogP) is 6.24. The van der Waals surface area contributed by atoms with E-state index in [1.54, 1.807) is 42.5 Å². The Morgan fingerprint density at radius 2 is 1.87 bits per heavy atom. The van der Waals surface area contributed by atoms with Crippen molar-refractivity contribution in [3.63, 3.8) is 0 Å². The van der Waals surface area contributed by atoms with Gasteiger partial charge in [-0.3, -0.25) is 4.79 Å². The highest BCUT2D eigenvalue weighted by Crippen LogP contribution is 2.38. The van der Waals surface area contributed by atoms with Gasteiger partial charge in [0.25, 0.3) is 5.91 Å². The van der Waals surface area contributed by atoms with E-state index in [2.05, 4.69) is 21.2 Å². The van der Waals surface area contributed by atoms with Gasteiger partial charge in [-0.15, -0.1) is 0 Å². The molecule has 0 aliphatic carbocycles. The van der Waals surface area contributed by atoms with Gasteiger partial charge >= 0.3 is 0 Å². The molecule has 31 heavy (non-hydrogen) atoms. The van der Waals surface area contributed by atoms with E-state index < -0.39 is 5.91 Å². The molecule has 0 bridgehead atoms. The van der Waals surface area contributed by atoms with E-state index in [1.165, 1.54) is 13.2 Å². The van der Waals surface area contributed by atoms with Crippen molar-refractivity contribution in [1.29, 1.82) is 5.26 Å². The van der Waals surface area contributed by atoms with Gasteiger partial charge in [-0.1, -0.05) is 48.0 Å². The standard InChI is InChI=1S/C24H18BrClN2O3/c1-30-22-13-16(11-18(14-27)24(29)28-19-8-3-2-4-9-19)12-20(25)23(22)31-15-17-7-5-6-10-21(17)26/h2-13H,15H2,1H3,(H,28,29)/b18-11-. The number of ether oxygens (including phenoxy) is 2. The molecular weight excluding hydrogens is 480 g/mol. The fourth-order valence-corrected chi connectivity index (χ4v) is 3.53. The minimum absolute atomic E-state index is 0.0393. The quantitative estimate of drug-likeness (QED) is 0.310. The van der Waals surface area contributed by atoms with Crippen molar-refractivity contribution in [2.75, 3.05) is 12.4 Å². The molecule has 0 spiro atoms. The van der Waals surface area contributed by atoms with Gasteiger partial charge in [-0.05, 0) is 57.9 Å². The fourth-order valence-electron chi connectivity index (χ4n) is 2.76. The Balaban J connectivity index is 1.83. The fraction of sp³-hybridized carbons (Fsp3) is 0.0833. The average Bonchev–Trinajstić information content (AvgIpc) is 2.78. The monoisotopic (exact) mass is 496 g/mol. The van der Waals surface area contributed by atoms with E-state index in [9.17, 15) is 10.1 Å². The van der Waals surface area contributed by atoms with E-state index in [-0.39, 0.29) is 12.2 Å². The topological polar surface area (TPSA) is 71.3 Å². The molecule has 5 nitrogen and oxygen atoms in total. The van der Waals surface area contributed by atoms with Crippen LogP contribution in [0, 0.1) is 11.3 Å². The summed E-state index contributed by atoms with van der Waals surface area (Å²) in [6, 6.07) is 21.7. The number of carbonyl (C=O) groups is 1. The van der Waals surface area contributed by atoms with Gasteiger partial charge in [0.2, 0.25) is 0 Å². The van der Waals surface area contributed by atoms with Crippen molar-refractivity contribution in [3.05, 3.63) is 92.9 Å². The largest absolute Gasteiger partial charge is 0.493 e. The molecule has 0 fully saturated rings. The summed E-state index contributed by atoms with van der Waals surface area (Å²) in [5.74, 6) is 0.447. The Kier molecular flexibility index (Phi) is 7.71. The van der Waals surface area contributed by atoms with Crippen LogP contribution in [0.3, 0.4) is 0 Å². The highest BCUT2D eigenvalue weighted by atomic mass is 79.9. The first-order valence-corrected chi connectivity index (χ1v) is 10.4. The number of nitrogens with zero attached hydrogens (tertiary/aromatic N) is 1. The third-order valence-corrected chi connectivity index (χ3v) is 5.25. The van der Waals surface area contributed by atoms with Crippen LogP contribution in [-0.4, -0.2) is 13.0 Å². The van der Waals surface area contributed by atoms with Crippen LogP contribution in [0.25, 0.3) is 6.08 Å². The van der Waals surface area contributed by atoms with Crippen molar-refractivity contribution >= 4 is 45.2 Å². The Morgan fingerprint density at radius 1 is 1.16 bits per heavy atom. The summed E-state index contributed by atoms with van der Waals surface area (Å²) in [6.07, 6.45) is 1.49. The van der Waals surface area contributed by atoms with Crippen LogP contribution in [0.15, 0.2) is 76.8 Å². The van der Waals surface area contributed by atoms with Gasteiger partial charge in [0, 0.05) is 16.3 Å². The highest BCUT2D eigenvalue weighted by Gasteiger charge is 2.15. The normalized spacial score (nSPS) is 10.8. The average molecular weight is 498 g/mol. The number of benzene rings is 3. The van der Waals surface area contributed by atoms with E-state index in [4.69, 9.17) is 21.1 Å². The summed E-state index contributed by atoms with van der Waals surface area (Å²) in [5.41, 5.74) is 2.01. The molecule has 0 saturated heterocycles. The number of methoxy groups -OCH3 is 1. The predicted molar refractivity (Wildman–Crippen MR) is 125 cm³/mol. The summed E-state index contributed by atoms with van der Waals surface area (Å²) in [6.45, 7) is 0.257. The smallest absolute Gasteiger partial charge is 0.266 e. The zero-order valence-electron chi connectivity index (χ0n) is 16.6. The summed E-state index contributed by atoms with van der Waals surface area (Å²) in [4.78, 5) is 12.5. The Hall–Kier alpha value is -3.27. The number of anilines is 1. The first kappa shape index (κ1) is 22.4. The number of para-hydroxylation sites is 1. The molecule has 156 valence electrons. The zero-order valence-corrected chi connectivity index (χ0v) is 18.9. The molecule has 1 amide bonds. The van der Waals surface area contributed by atoms with E-state index in [0.29, 0.717) is 32.2 Å². The molecule has 3 aromatic rings. The number of carbonyl (C=O) groups excluding carboxylic acids is 1. The van der Waals surface area contributed by atoms with E-state index >= 15 is 0 Å². The molecule has 3 aromatic carbocycles. The second kappa shape index (κ2) is 10.7. The number of hydrogen-bond acceptors (Lipinski definition) is 4. The maximum atomic E-state index is 12.5. The van der Waals surface area contributed by atoms with E-state index in [1.807, 2.05) is 30.3 Å². The maximum absolute atomic E-state index is 12.5. The summed E-state index contributed by atoms with van der Waals surface area (Å²) < 4.78 is 12.0. The Bertz CT molecular complexity index is 1160. The van der Waals surface area contributed by atoms with Crippen molar-refractivity contribution in [1.82, 2.24) is 0 Å². The van der Waals surface area contributed by atoms with Crippen LogP contribution in [0.4, 0.5) is 5.69 Å². The van der Waals surface area contributed by atoms with E-state index in [0.717, 1.165) is 5.56 Å². The third kappa shape index (κ3) is 5.88. The van der Waals surface area contributed by atoms with Crippen molar-refractivity contribution in [2.45, 2.75) is 6.61 Å². The van der Waals surface area contributed by atoms with Crippen molar-refractivity contribution in [3.8, 4) is 17.6 Å². The third-order valence-electron chi connectivity index (χ3n) is 4.29. The first-order valence-electron chi connectivity index (χ1n) is 9.23. The molecule has 1 N–H and O–H groups in total. The van der Waals surface area contributed by atoms with Gasteiger partial charge in [0.15, 0.2) is 11.5 Å². The van der Waals surface area contributed by atoms with Gasteiger partial charge < -0.3 is 14.8 Å². The number of nitrogens with one attached hydrogen (secondary N) is 1. The summed E-state index contributed by atoms with van der Waals surface area (Å²) >= 11 is 9.67. The minimum atomic E-state index is -0.497. The Morgan fingerprint density at radius 3 is 2.55 bits per heavy atom. The second-order valence-corrected chi connectivity index (χ2v) is 7.67. The molecule has 0 unspecified atom stereocenters. The van der Waals surface area contributed by atoms with Crippen LogP contribution in [0.1, 0.15) is 11.1 Å².